The summed E-state index contributed by atoms with van der Waals surface area (Å²) in [6.07, 6.45) is 0.0731. The molecule has 19 heavy (non-hydrogen) atoms. The number of anilines is 2. The maximum Gasteiger partial charge on any atom is 0.228 e. The van der Waals surface area contributed by atoms with E-state index in [-0.39, 0.29) is 18.1 Å². The number of nitrogens with one attached hydrogen (secondary N) is 1. The molecule has 2 aromatic rings. The minimum atomic E-state index is -0.368. The van der Waals surface area contributed by atoms with Crippen LogP contribution in [-0.2, 0) is 11.2 Å². The summed E-state index contributed by atoms with van der Waals surface area (Å²) in [5.41, 5.74) is 7.20. The number of rotatable bonds is 3. The molecule has 0 fully saturated rings. The first-order valence-electron chi connectivity index (χ1n) is 5.64. The molecular formula is C14H12ClFN2O. The van der Waals surface area contributed by atoms with E-state index in [9.17, 15) is 9.18 Å². The molecule has 0 spiro atoms. The Morgan fingerprint density at radius 1 is 1.26 bits per heavy atom. The van der Waals surface area contributed by atoms with Gasteiger partial charge in [-0.05, 0) is 35.9 Å². The zero-order valence-electron chi connectivity index (χ0n) is 9.99. The van der Waals surface area contributed by atoms with Crippen molar-refractivity contribution < 1.29 is 9.18 Å². The van der Waals surface area contributed by atoms with E-state index in [1.807, 2.05) is 0 Å². The Bertz CT molecular complexity index is 616. The molecule has 0 aliphatic heterocycles. The van der Waals surface area contributed by atoms with Crippen molar-refractivity contribution >= 4 is 28.9 Å². The van der Waals surface area contributed by atoms with Gasteiger partial charge in [0.25, 0.3) is 0 Å². The maximum absolute atomic E-state index is 13.0. The second-order valence-electron chi connectivity index (χ2n) is 4.09. The van der Waals surface area contributed by atoms with Crippen molar-refractivity contribution in [2.75, 3.05) is 11.1 Å². The lowest BCUT2D eigenvalue weighted by molar-refractivity contribution is -0.115. The number of benzene rings is 2. The first kappa shape index (κ1) is 13.4. The van der Waals surface area contributed by atoms with Crippen molar-refractivity contribution in [3.8, 4) is 0 Å². The number of carbonyl (C=O) groups is 1. The van der Waals surface area contributed by atoms with Gasteiger partial charge in [-0.1, -0.05) is 23.7 Å². The summed E-state index contributed by atoms with van der Waals surface area (Å²) in [7, 11) is 0. The predicted octanol–water partition coefficient (Wildman–Crippen LogP) is 3.24. The van der Waals surface area contributed by atoms with Gasteiger partial charge in [0.1, 0.15) is 5.82 Å². The lowest BCUT2D eigenvalue weighted by Crippen LogP contribution is -2.15. The molecule has 0 aromatic heterocycles. The summed E-state index contributed by atoms with van der Waals surface area (Å²) in [4.78, 5) is 11.8. The SMILES string of the molecule is Nc1ccc(Cl)cc1NC(=O)Cc1cccc(F)c1. The Balaban J connectivity index is 2.07. The summed E-state index contributed by atoms with van der Waals surface area (Å²) in [5.74, 6) is -0.646. The van der Waals surface area contributed by atoms with Crippen LogP contribution in [0.1, 0.15) is 5.56 Å². The molecule has 0 atom stereocenters. The predicted molar refractivity (Wildman–Crippen MR) is 74.6 cm³/mol. The highest BCUT2D eigenvalue weighted by molar-refractivity contribution is 6.31. The standard InChI is InChI=1S/C14H12ClFN2O/c15-10-4-5-12(17)13(8-10)18-14(19)7-9-2-1-3-11(16)6-9/h1-6,8H,7,17H2,(H,18,19). The zero-order valence-corrected chi connectivity index (χ0v) is 10.7. The van der Waals surface area contributed by atoms with Crippen LogP contribution in [-0.4, -0.2) is 5.91 Å². The molecule has 0 aliphatic rings. The average Bonchev–Trinajstić information content (AvgIpc) is 2.34. The topological polar surface area (TPSA) is 55.1 Å². The van der Waals surface area contributed by atoms with Crippen LogP contribution in [0.3, 0.4) is 0 Å². The molecule has 3 nitrogen and oxygen atoms in total. The van der Waals surface area contributed by atoms with Gasteiger partial charge in [0, 0.05) is 5.02 Å². The van der Waals surface area contributed by atoms with E-state index in [1.165, 1.54) is 12.1 Å². The molecule has 0 saturated heterocycles. The number of nitrogen functional groups attached to an aromatic ring is 1. The summed E-state index contributed by atoms with van der Waals surface area (Å²) in [6, 6.07) is 10.7. The van der Waals surface area contributed by atoms with E-state index in [2.05, 4.69) is 5.32 Å². The van der Waals surface area contributed by atoms with E-state index in [0.29, 0.717) is 22.0 Å². The Morgan fingerprint density at radius 3 is 2.79 bits per heavy atom. The van der Waals surface area contributed by atoms with Gasteiger partial charge in [-0.2, -0.15) is 0 Å². The maximum atomic E-state index is 13.0. The largest absolute Gasteiger partial charge is 0.397 e. The minimum absolute atomic E-state index is 0.0731. The van der Waals surface area contributed by atoms with Crippen LogP contribution in [0.15, 0.2) is 42.5 Å². The number of carbonyl (C=O) groups excluding carboxylic acids is 1. The average molecular weight is 279 g/mol. The first-order chi connectivity index (χ1) is 9.04. The van der Waals surface area contributed by atoms with Crippen LogP contribution in [0.4, 0.5) is 15.8 Å². The second kappa shape index (κ2) is 5.71. The number of nitrogens with two attached hydrogens (primary N) is 1. The van der Waals surface area contributed by atoms with E-state index in [1.54, 1.807) is 30.3 Å². The molecule has 0 unspecified atom stereocenters. The fourth-order valence-electron chi connectivity index (χ4n) is 1.66. The number of halogens is 2. The molecule has 0 radical (unpaired) electrons. The number of hydrogen-bond acceptors (Lipinski definition) is 2. The van der Waals surface area contributed by atoms with Crippen LogP contribution >= 0.6 is 11.6 Å². The van der Waals surface area contributed by atoms with Gasteiger partial charge in [-0.3, -0.25) is 4.79 Å². The molecule has 98 valence electrons. The van der Waals surface area contributed by atoms with E-state index < -0.39 is 0 Å². The fraction of sp³-hybridized carbons (Fsp3) is 0.0714. The Morgan fingerprint density at radius 2 is 2.05 bits per heavy atom. The molecule has 3 N–H and O–H groups in total. The van der Waals surface area contributed by atoms with Crippen LogP contribution in [0.25, 0.3) is 0 Å². The molecular weight excluding hydrogens is 267 g/mol. The zero-order chi connectivity index (χ0) is 13.8. The van der Waals surface area contributed by atoms with Gasteiger partial charge in [0.15, 0.2) is 0 Å². The molecule has 0 aliphatic carbocycles. The lowest BCUT2D eigenvalue weighted by Gasteiger charge is -2.08. The third-order valence-electron chi connectivity index (χ3n) is 2.54. The van der Waals surface area contributed by atoms with Gasteiger partial charge in [-0.25, -0.2) is 4.39 Å². The Hall–Kier alpha value is -2.07. The third-order valence-corrected chi connectivity index (χ3v) is 2.78. The van der Waals surface area contributed by atoms with Gasteiger partial charge >= 0.3 is 0 Å². The van der Waals surface area contributed by atoms with Crippen molar-refractivity contribution in [1.29, 1.82) is 0 Å². The molecule has 0 heterocycles. The van der Waals surface area contributed by atoms with Crippen molar-refractivity contribution in [3.63, 3.8) is 0 Å². The van der Waals surface area contributed by atoms with Gasteiger partial charge < -0.3 is 11.1 Å². The van der Waals surface area contributed by atoms with Crippen LogP contribution < -0.4 is 11.1 Å². The quantitative estimate of drug-likeness (QED) is 0.847. The molecule has 0 saturated carbocycles. The lowest BCUT2D eigenvalue weighted by atomic mass is 10.1. The van der Waals surface area contributed by atoms with Gasteiger partial charge in [-0.15, -0.1) is 0 Å². The molecule has 2 rings (SSSR count). The molecule has 1 amide bonds. The normalized spacial score (nSPS) is 10.2. The van der Waals surface area contributed by atoms with Crippen molar-refractivity contribution in [2.24, 2.45) is 0 Å². The highest BCUT2D eigenvalue weighted by Crippen LogP contribution is 2.23. The van der Waals surface area contributed by atoms with Crippen LogP contribution in [0.5, 0.6) is 0 Å². The molecule has 2 aromatic carbocycles. The van der Waals surface area contributed by atoms with Crippen molar-refractivity contribution in [3.05, 3.63) is 58.9 Å². The summed E-state index contributed by atoms with van der Waals surface area (Å²) < 4.78 is 13.0. The Labute approximate surface area is 115 Å². The smallest absolute Gasteiger partial charge is 0.228 e. The highest BCUT2D eigenvalue weighted by Gasteiger charge is 2.07. The number of amides is 1. The van der Waals surface area contributed by atoms with Crippen LogP contribution in [0, 0.1) is 5.82 Å². The minimum Gasteiger partial charge on any atom is -0.397 e. The molecule has 5 heteroatoms. The fourth-order valence-corrected chi connectivity index (χ4v) is 1.84. The van der Waals surface area contributed by atoms with E-state index >= 15 is 0 Å². The van der Waals surface area contributed by atoms with Gasteiger partial charge in [0.05, 0.1) is 17.8 Å². The third kappa shape index (κ3) is 3.69. The monoisotopic (exact) mass is 278 g/mol. The summed E-state index contributed by atoms with van der Waals surface area (Å²) >= 11 is 5.82. The van der Waals surface area contributed by atoms with E-state index in [0.717, 1.165) is 0 Å². The number of hydrogen-bond donors (Lipinski definition) is 2. The highest BCUT2D eigenvalue weighted by atomic mass is 35.5. The Kier molecular flexibility index (Phi) is 4.02. The van der Waals surface area contributed by atoms with E-state index in [4.69, 9.17) is 17.3 Å². The summed E-state index contributed by atoms with van der Waals surface area (Å²) in [6.45, 7) is 0. The summed E-state index contributed by atoms with van der Waals surface area (Å²) in [5, 5.41) is 3.13. The van der Waals surface area contributed by atoms with Crippen molar-refractivity contribution in [1.82, 2.24) is 0 Å². The van der Waals surface area contributed by atoms with Crippen molar-refractivity contribution in [2.45, 2.75) is 6.42 Å². The van der Waals surface area contributed by atoms with Crippen LogP contribution in [0.2, 0.25) is 5.02 Å². The van der Waals surface area contributed by atoms with Gasteiger partial charge in [0.2, 0.25) is 5.91 Å². The second-order valence-corrected chi connectivity index (χ2v) is 4.52. The first-order valence-corrected chi connectivity index (χ1v) is 6.02. The molecule has 0 bridgehead atoms.